The second-order valence-corrected chi connectivity index (χ2v) is 11.0. The minimum absolute atomic E-state index is 0.0791. The lowest BCUT2D eigenvalue weighted by Crippen LogP contribution is -2.13. The molecule has 12 heteroatoms. The van der Waals surface area contributed by atoms with Crippen LogP contribution in [0.25, 0.3) is 0 Å². The molecule has 0 N–H and O–H groups in total. The van der Waals surface area contributed by atoms with E-state index in [0.717, 1.165) is 25.7 Å². The quantitative estimate of drug-likeness (QED) is 0.0310. The summed E-state index contributed by atoms with van der Waals surface area (Å²) in [5.74, 6) is -1.22. The summed E-state index contributed by atoms with van der Waals surface area (Å²) in [7, 11) is 0. The van der Waals surface area contributed by atoms with E-state index in [1.165, 1.54) is 77.0 Å². The summed E-state index contributed by atoms with van der Waals surface area (Å²) in [5, 5.41) is 8.37. The highest BCUT2D eigenvalue weighted by molar-refractivity contribution is 5.69. The standard InChI is InChI=1S/C32H58O12/c1-3-5-7-9-11-13-15-17-21-25-29(33)39-43-41-31(35)37-27-23-19-20-24-28-38-32(36)42-44-40-30(34)26-22-18-16-14-12-10-8-6-4-2/h3-28H2,1-2H3. The molecular weight excluding hydrogens is 576 g/mol. The van der Waals surface area contributed by atoms with Crippen LogP contribution in [0.3, 0.4) is 0 Å². The lowest BCUT2D eigenvalue weighted by atomic mass is 10.1. The molecule has 0 fully saturated rings. The van der Waals surface area contributed by atoms with Crippen molar-refractivity contribution in [1.82, 2.24) is 0 Å². The fourth-order valence-corrected chi connectivity index (χ4v) is 4.33. The fourth-order valence-electron chi connectivity index (χ4n) is 4.33. The van der Waals surface area contributed by atoms with Gasteiger partial charge in [-0.15, -0.1) is 0 Å². The van der Waals surface area contributed by atoms with Crippen LogP contribution in [0, 0.1) is 0 Å². The van der Waals surface area contributed by atoms with Crippen LogP contribution in [0.15, 0.2) is 0 Å². The maximum absolute atomic E-state index is 11.6. The molecule has 0 amide bonds. The van der Waals surface area contributed by atoms with Crippen LogP contribution in [0.2, 0.25) is 0 Å². The topological polar surface area (TPSA) is 142 Å². The summed E-state index contributed by atoms with van der Waals surface area (Å²) in [6, 6.07) is 0. The summed E-state index contributed by atoms with van der Waals surface area (Å²) in [6.45, 7) is 4.55. The first-order valence-corrected chi connectivity index (χ1v) is 16.9. The fraction of sp³-hybridized carbons (Fsp3) is 0.875. The van der Waals surface area contributed by atoms with Crippen molar-refractivity contribution in [2.75, 3.05) is 13.2 Å². The van der Waals surface area contributed by atoms with Crippen molar-refractivity contribution in [3.05, 3.63) is 0 Å². The molecule has 0 aliphatic heterocycles. The van der Waals surface area contributed by atoms with Crippen LogP contribution >= 0.6 is 0 Å². The number of carbonyl (C=O) groups excluding carboxylic acids is 4. The smallest absolute Gasteiger partial charge is 0.432 e. The van der Waals surface area contributed by atoms with Gasteiger partial charge in [0.1, 0.15) is 0 Å². The maximum atomic E-state index is 11.6. The molecule has 0 rings (SSSR count). The van der Waals surface area contributed by atoms with Gasteiger partial charge < -0.3 is 9.47 Å². The second-order valence-electron chi connectivity index (χ2n) is 11.0. The lowest BCUT2D eigenvalue weighted by Gasteiger charge is -2.05. The molecular formula is C32H58O12. The Kier molecular flexibility index (Phi) is 31.3. The molecule has 0 heterocycles. The first-order chi connectivity index (χ1) is 21.5. The first kappa shape index (κ1) is 41.4. The molecule has 0 unspecified atom stereocenters. The van der Waals surface area contributed by atoms with Gasteiger partial charge in [-0.25, -0.2) is 29.0 Å². The largest absolute Gasteiger partial charge is 0.543 e. The van der Waals surface area contributed by atoms with E-state index < -0.39 is 24.2 Å². The Labute approximate surface area is 263 Å². The van der Waals surface area contributed by atoms with Gasteiger partial charge in [-0.2, -0.15) is 0 Å². The number of unbranched alkanes of at least 4 members (excludes halogenated alkanes) is 19. The van der Waals surface area contributed by atoms with Crippen molar-refractivity contribution in [1.29, 1.82) is 0 Å². The highest BCUT2D eigenvalue weighted by Crippen LogP contribution is 2.12. The number of rotatable bonds is 31. The number of ether oxygens (including phenoxy) is 2. The summed E-state index contributed by atoms with van der Waals surface area (Å²) in [6.07, 6.45) is 21.0. The Bertz CT molecular complexity index is 643. The van der Waals surface area contributed by atoms with Crippen LogP contribution in [-0.2, 0) is 48.7 Å². The van der Waals surface area contributed by atoms with Crippen molar-refractivity contribution >= 4 is 24.2 Å². The van der Waals surface area contributed by atoms with Gasteiger partial charge in [-0.1, -0.05) is 117 Å². The lowest BCUT2D eigenvalue weighted by molar-refractivity contribution is -0.459. The van der Waals surface area contributed by atoms with Crippen LogP contribution < -0.4 is 0 Å². The zero-order chi connectivity index (χ0) is 32.4. The van der Waals surface area contributed by atoms with Crippen molar-refractivity contribution in [3.63, 3.8) is 0 Å². The van der Waals surface area contributed by atoms with E-state index in [9.17, 15) is 19.2 Å². The summed E-state index contributed by atoms with van der Waals surface area (Å²) >= 11 is 0. The molecule has 0 radical (unpaired) electrons. The zero-order valence-corrected chi connectivity index (χ0v) is 27.3. The van der Waals surface area contributed by atoms with Crippen molar-refractivity contribution in [3.8, 4) is 0 Å². The molecule has 0 aliphatic rings. The highest BCUT2D eigenvalue weighted by atomic mass is 17.5. The van der Waals surface area contributed by atoms with Crippen LogP contribution in [0.5, 0.6) is 0 Å². The Morgan fingerprint density at radius 3 is 1.00 bits per heavy atom. The monoisotopic (exact) mass is 634 g/mol. The number of hydrogen-bond donors (Lipinski definition) is 0. The van der Waals surface area contributed by atoms with Gasteiger partial charge in [0.25, 0.3) is 0 Å². The van der Waals surface area contributed by atoms with Gasteiger partial charge in [0.05, 0.1) is 13.2 Å². The van der Waals surface area contributed by atoms with Gasteiger partial charge in [0.2, 0.25) is 0 Å². The zero-order valence-electron chi connectivity index (χ0n) is 27.3. The predicted molar refractivity (Wildman–Crippen MR) is 161 cm³/mol. The maximum Gasteiger partial charge on any atom is 0.543 e. The number of hydrogen-bond acceptors (Lipinski definition) is 12. The van der Waals surface area contributed by atoms with Gasteiger partial charge in [0, 0.05) is 22.9 Å². The highest BCUT2D eigenvalue weighted by Gasteiger charge is 2.11. The molecule has 0 saturated heterocycles. The van der Waals surface area contributed by atoms with Gasteiger partial charge >= 0.3 is 24.2 Å². The summed E-state index contributed by atoms with van der Waals surface area (Å²) < 4.78 is 9.62. The van der Waals surface area contributed by atoms with Gasteiger partial charge in [-0.3, -0.25) is 9.78 Å². The molecule has 0 saturated carbocycles. The SMILES string of the molecule is CCCCCCCCCCCC(=O)OOOC(=O)OCCCCCCOC(=O)OOOC(=O)CCCCCCCCCCC. The third kappa shape index (κ3) is 32.3. The van der Waals surface area contributed by atoms with E-state index >= 15 is 0 Å². The molecule has 258 valence electrons. The van der Waals surface area contributed by atoms with E-state index in [2.05, 4.69) is 43.5 Å². The molecule has 0 aromatic heterocycles. The normalized spacial score (nSPS) is 10.7. The van der Waals surface area contributed by atoms with E-state index in [4.69, 9.17) is 9.47 Å². The van der Waals surface area contributed by atoms with Crippen molar-refractivity contribution < 1.29 is 58.3 Å². The molecule has 0 atom stereocenters. The molecule has 44 heavy (non-hydrogen) atoms. The molecule has 0 aromatic rings. The van der Waals surface area contributed by atoms with Crippen molar-refractivity contribution in [2.45, 2.75) is 168 Å². The number of carbonyl (C=O) groups is 4. The second kappa shape index (κ2) is 33.3. The molecule has 0 bridgehead atoms. The molecule has 0 aromatic carbocycles. The van der Waals surface area contributed by atoms with Crippen LogP contribution in [-0.4, -0.2) is 37.5 Å². The minimum atomic E-state index is -1.11. The van der Waals surface area contributed by atoms with Gasteiger partial charge in [-0.05, 0) is 38.5 Å². The first-order valence-electron chi connectivity index (χ1n) is 16.9. The van der Waals surface area contributed by atoms with E-state index in [-0.39, 0.29) is 26.1 Å². The van der Waals surface area contributed by atoms with E-state index in [1.54, 1.807) is 0 Å². The summed E-state index contributed by atoms with van der Waals surface area (Å²) in [5.41, 5.74) is 0. The Hall–Kier alpha value is -2.60. The Morgan fingerprint density at radius 2 is 0.659 bits per heavy atom. The van der Waals surface area contributed by atoms with Crippen LogP contribution in [0.4, 0.5) is 9.59 Å². The Morgan fingerprint density at radius 1 is 0.364 bits per heavy atom. The van der Waals surface area contributed by atoms with Crippen molar-refractivity contribution in [2.24, 2.45) is 0 Å². The van der Waals surface area contributed by atoms with E-state index in [0.29, 0.717) is 38.5 Å². The van der Waals surface area contributed by atoms with Gasteiger partial charge in [0.15, 0.2) is 0 Å². The summed E-state index contributed by atoms with van der Waals surface area (Å²) in [4.78, 5) is 63.4. The average molecular weight is 635 g/mol. The predicted octanol–water partition coefficient (Wildman–Crippen LogP) is 9.47. The molecule has 0 spiro atoms. The minimum Gasteiger partial charge on any atom is -0.432 e. The third-order valence-electron chi connectivity index (χ3n) is 6.91. The van der Waals surface area contributed by atoms with Crippen LogP contribution in [0.1, 0.15) is 168 Å². The third-order valence-corrected chi connectivity index (χ3v) is 6.91. The van der Waals surface area contributed by atoms with E-state index in [1.807, 2.05) is 0 Å². The average Bonchev–Trinajstić information content (AvgIpc) is 3.00. The molecule has 12 nitrogen and oxygen atoms in total. The Balaban J connectivity index is 3.43. The molecule has 0 aliphatic carbocycles.